The van der Waals surface area contributed by atoms with Crippen LogP contribution in [0.25, 0.3) is 10.9 Å². The van der Waals surface area contributed by atoms with E-state index in [4.69, 9.17) is 0 Å². The first kappa shape index (κ1) is 8.87. The van der Waals surface area contributed by atoms with E-state index in [0.717, 1.165) is 16.6 Å². The highest BCUT2D eigenvalue weighted by Crippen LogP contribution is 2.19. The van der Waals surface area contributed by atoms with Crippen molar-refractivity contribution in [1.82, 2.24) is 9.78 Å². The fraction of sp³-hybridized carbons (Fsp3) is 0.200. The largest absolute Gasteiger partial charge is 0.294 e. The Balaban J connectivity index is 2.70. The molecule has 0 saturated carbocycles. The lowest BCUT2D eigenvalue weighted by atomic mass is 10.2. The predicted octanol–water partition coefficient (Wildman–Crippen LogP) is 1.91. The summed E-state index contributed by atoms with van der Waals surface area (Å²) in [4.78, 5) is 3.77. The van der Waals surface area contributed by atoms with Crippen LogP contribution in [0.2, 0.25) is 0 Å². The first-order chi connectivity index (χ1) is 6.72. The second kappa shape index (κ2) is 3.21. The molecule has 0 unspecified atom stereocenters. The van der Waals surface area contributed by atoms with Crippen LogP contribution in [0.5, 0.6) is 0 Å². The van der Waals surface area contributed by atoms with Gasteiger partial charge in [-0.2, -0.15) is 5.10 Å². The van der Waals surface area contributed by atoms with Crippen molar-refractivity contribution in [2.45, 2.75) is 6.54 Å². The molecule has 0 spiro atoms. The number of aryl methyl sites for hydroxylation is 1. The third kappa shape index (κ3) is 1.28. The second-order valence-electron chi connectivity index (χ2n) is 3.11. The van der Waals surface area contributed by atoms with Crippen LogP contribution >= 0.6 is 0 Å². The van der Waals surface area contributed by atoms with Crippen molar-refractivity contribution in [2.75, 3.05) is 0 Å². The van der Waals surface area contributed by atoms with Gasteiger partial charge in [-0.3, -0.25) is 9.67 Å². The van der Waals surface area contributed by atoms with Gasteiger partial charge in [-0.15, -0.1) is 0 Å². The molecule has 2 aromatic rings. The summed E-state index contributed by atoms with van der Waals surface area (Å²) in [6.07, 6.45) is 0. The normalized spacial score (nSPS) is 10.7. The molecule has 0 amide bonds. The molecule has 4 heteroatoms. The molecule has 0 radical (unpaired) electrons. The van der Waals surface area contributed by atoms with Crippen molar-refractivity contribution in [3.8, 4) is 0 Å². The average Bonchev–Trinajstić information content (AvgIpc) is 2.44. The topological polar surface area (TPSA) is 30.2 Å². The number of aromatic nitrogens is 2. The molecule has 0 N–H and O–H groups in total. The van der Waals surface area contributed by atoms with Crippen molar-refractivity contribution >= 4 is 17.6 Å². The highest BCUT2D eigenvalue weighted by atomic mass is 19.1. The molecule has 1 heterocycles. The van der Waals surface area contributed by atoms with Gasteiger partial charge in [0.15, 0.2) is 0 Å². The second-order valence-corrected chi connectivity index (χ2v) is 3.11. The molecular formula is C10H10FN3. The van der Waals surface area contributed by atoms with Gasteiger partial charge in [-0.25, -0.2) is 4.39 Å². The monoisotopic (exact) mass is 191 g/mol. The van der Waals surface area contributed by atoms with Gasteiger partial charge >= 0.3 is 0 Å². The Bertz CT molecular complexity index is 487. The van der Waals surface area contributed by atoms with Gasteiger partial charge in [-0.05, 0) is 24.9 Å². The quantitative estimate of drug-likeness (QED) is 0.667. The Hall–Kier alpha value is -1.71. The van der Waals surface area contributed by atoms with Crippen molar-refractivity contribution in [2.24, 2.45) is 12.0 Å². The summed E-state index contributed by atoms with van der Waals surface area (Å²) >= 11 is 0. The molecular weight excluding hydrogens is 181 g/mol. The lowest BCUT2D eigenvalue weighted by Gasteiger charge is -1.93. The van der Waals surface area contributed by atoms with Gasteiger partial charge < -0.3 is 0 Å². The molecule has 0 aliphatic heterocycles. The smallest absolute Gasteiger partial charge is 0.125 e. The molecule has 1 aromatic carbocycles. The van der Waals surface area contributed by atoms with Crippen molar-refractivity contribution in [3.63, 3.8) is 0 Å². The van der Waals surface area contributed by atoms with Crippen LogP contribution in [-0.2, 0) is 13.6 Å². The molecule has 3 nitrogen and oxygen atoms in total. The van der Waals surface area contributed by atoms with E-state index in [1.54, 1.807) is 17.8 Å². The number of rotatable bonds is 2. The Kier molecular flexibility index (Phi) is 2.04. The summed E-state index contributed by atoms with van der Waals surface area (Å²) < 4.78 is 14.6. The highest BCUT2D eigenvalue weighted by Gasteiger charge is 2.07. The molecule has 0 saturated heterocycles. The predicted molar refractivity (Wildman–Crippen MR) is 53.9 cm³/mol. The standard InChI is InChI=1S/C10H10FN3/c1-12-6-9-8-4-3-7(11)5-10(8)14(2)13-9/h3-5H,1,6H2,2H3. The maximum Gasteiger partial charge on any atom is 0.125 e. The van der Waals surface area contributed by atoms with Gasteiger partial charge in [0, 0.05) is 12.4 Å². The Morgan fingerprint density at radius 3 is 3.07 bits per heavy atom. The Morgan fingerprint density at radius 2 is 2.36 bits per heavy atom. The van der Waals surface area contributed by atoms with Crippen LogP contribution in [0, 0.1) is 5.82 Å². The third-order valence-electron chi connectivity index (χ3n) is 2.15. The minimum absolute atomic E-state index is 0.251. The molecule has 0 bridgehead atoms. The van der Waals surface area contributed by atoms with E-state index in [1.165, 1.54) is 12.1 Å². The van der Waals surface area contributed by atoms with E-state index in [2.05, 4.69) is 16.8 Å². The molecule has 72 valence electrons. The van der Waals surface area contributed by atoms with Crippen molar-refractivity contribution in [3.05, 3.63) is 29.7 Å². The van der Waals surface area contributed by atoms with Crippen LogP contribution in [0.4, 0.5) is 4.39 Å². The Morgan fingerprint density at radius 1 is 1.57 bits per heavy atom. The Labute approximate surface area is 80.9 Å². The molecule has 0 atom stereocenters. The van der Waals surface area contributed by atoms with E-state index >= 15 is 0 Å². The maximum atomic E-state index is 12.9. The van der Waals surface area contributed by atoms with E-state index in [-0.39, 0.29) is 5.82 Å². The first-order valence-corrected chi connectivity index (χ1v) is 4.26. The zero-order valence-corrected chi connectivity index (χ0v) is 7.87. The molecule has 0 fully saturated rings. The van der Waals surface area contributed by atoms with E-state index in [9.17, 15) is 4.39 Å². The van der Waals surface area contributed by atoms with Gasteiger partial charge in [0.05, 0.1) is 17.8 Å². The number of benzene rings is 1. The summed E-state index contributed by atoms with van der Waals surface area (Å²) in [6.45, 7) is 3.88. The van der Waals surface area contributed by atoms with Crippen LogP contribution in [0.15, 0.2) is 23.2 Å². The zero-order valence-electron chi connectivity index (χ0n) is 7.87. The minimum atomic E-state index is -0.251. The first-order valence-electron chi connectivity index (χ1n) is 4.26. The SMILES string of the molecule is C=NCc1nn(C)c2cc(F)ccc12. The summed E-state index contributed by atoms with van der Waals surface area (Å²) in [5.74, 6) is -0.251. The summed E-state index contributed by atoms with van der Waals surface area (Å²) in [5, 5.41) is 5.17. The van der Waals surface area contributed by atoms with E-state index in [0.29, 0.717) is 6.54 Å². The third-order valence-corrected chi connectivity index (χ3v) is 2.15. The molecule has 0 aliphatic rings. The lowest BCUT2D eigenvalue weighted by Crippen LogP contribution is -1.90. The summed E-state index contributed by atoms with van der Waals surface area (Å²) in [7, 11) is 1.79. The number of hydrogen-bond acceptors (Lipinski definition) is 2. The van der Waals surface area contributed by atoms with Crippen LogP contribution in [0.1, 0.15) is 5.69 Å². The highest BCUT2D eigenvalue weighted by molar-refractivity contribution is 5.82. The molecule has 14 heavy (non-hydrogen) atoms. The fourth-order valence-electron chi connectivity index (χ4n) is 1.53. The van der Waals surface area contributed by atoms with Gasteiger partial charge in [0.25, 0.3) is 0 Å². The van der Waals surface area contributed by atoms with Crippen LogP contribution < -0.4 is 0 Å². The fourth-order valence-corrected chi connectivity index (χ4v) is 1.53. The van der Waals surface area contributed by atoms with Crippen molar-refractivity contribution in [1.29, 1.82) is 0 Å². The van der Waals surface area contributed by atoms with E-state index < -0.39 is 0 Å². The van der Waals surface area contributed by atoms with E-state index in [1.807, 2.05) is 0 Å². The lowest BCUT2D eigenvalue weighted by molar-refractivity contribution is 0.628. The number of hydrogen-bond donors (Lipinski definition) is 0. The summed E-state index contributed by atoms with van der Waals surface area (Å²) in [6, 6.07) is 4.61. The number of nitrogens with zero attached hydrogens (tertiary/aromatic N) is 3. The van der Waals surface area contributed by atoms with Crippen molar-refractivity contribution < 1.29 is 4.39 Å². The summed E-state index contributed by atoms with van der Waals surface area (Å²) in [5.41, 5.74) is 1.61. The average molecular weight is 191 g/mol. The van der Waals surface area contributed by atoms with Gasteiger partial charge in [0.1, 0.15) is 5.82 Å². The minimum Gasteiger partial charge on any atom is -0.294 e. The van der Waals surface area contributed by atoms with Gasteiger partial charge in [-0.1, -0.05) is 0 Å². The zero-order chi connectivity index (χ0) is 10.1. The number of aliphatic imine (C=N–C) groups is 1. The van der Waals surface area contributed by atoms with Crippen LogP contribution in [-0.4, -0.2) is 16.5 Å². The van der Waals surface area contributed by atoms with Gasteiger partial charge in [0.2, 0.25) is 0 Å². The molecule has 1 aromatic heterocycles. The molecule has 2 rings (SSSR count). The maximum absolute atomic E-state index is 12.9. The molecule has 0 aliphatic carbocycles. The van der Waals surface area contributed by atoms with Crippen LogP contribution in [0.3, 0.4) is 0 Å². The number of fused-ring (bicyclic) bond motifs is 1. The number of halogens is 1.